The summed E-state index contributed by atoms with van der Waals surface area (Å²) in [6, 6.07) is -0.798. The summed E-state index contributed by atoms with van der Waals surface area (Å²) in [7, 11) is 1.42. The van der Waals surface area contributed by atoms with E-state index in [-0.39, 0.29) is 17.8 Å². The molecule has 1 rings (SSSR count). The maximum Gasteiger partial charge on any atom is 0.404 e. The van der Waals surface area contributed by atoms with Crippen LogP contribution in [0.2, 0.25) is 0 Å². The molecule has 0 radical (unpaired) electrons. The largest absolute Gasteiger partial charge is 0.490 e. The van der Waals surface area contributed by atoms with E-state index in [2.05, 4.69) is 10.6 Å². The lowest BCUT2D eigenvalue weighted by atomic mass is 9.97. The maximum absolute atomic E-state index is 12.2. The van der Waals surface area contributed by atoms with Crippen molar-refractivity contribution in [1.82, 2.24) is 10.6 Å². The number of hydrogen-bond donors (Lipinski definition) is 3. The molecule has 204 valence electrons. The first-order valence-electron chi connectivity index (χ1n) is 11.8. The van der Waals surface area contributed by atoms with Gasteiger partial charge in [0.15, 0.2) is 5.76 Å². The molecule has 0 aromatic carbocycles. The van der Waals surface area contributed by atoms with Crippen molar-refractivity contribution in [3.05, 3.63) is 59.0 Å². The summed E-state index contributed by atoms with van der Waals surface area (Å²) in [6.45, 7) is 6.99. The van der Waals surface area contributed by atoms with Gasteiger partial charge >= 0.3 is 12.1 Å². The van der Waals surface area contributed by atoms with Crippen molar-refractivity contribution >= 4 is 35.5 Å². The standard InChI is InChI=1S/C26H36ClN3O7/c1-16(15-17(2)21-11-12-22(35-5)25(33)37-21)8-13-23(31)30-19(4)24(32)29-14-6-7-20(36-26(28)34)10-9-18(3)27/h6,8-9,12-15,17,19-21H,7,10-11H2,1-5H3,(H2,28,34)(H,29,32)(H,30,31)/b13-8-,14-6-,16-15+,18-9+/t17-,19-,20+,21-/m0/s1. The summed E-state index contributed by atoms with van der Waals surface area (Å²) in [5.41, 5.74) is 5.87. The van der Waals surface area contributed by atoms with Gasteiger partial charge in [-0.2, -0.15) is 0 Å². The van der Waals surface area contributed by atoms with Crippen LogP contribution in [0.1, 0.15) is 47.0 Å². The number of esters is 1. The van der Waals surface area contributed by atoms with Gasteiger partial charge in [0.2, 0.25) is 11.8 Å². The topological polar surface area (TPSA) is 146 Å². The zero-order valence-electron chi connectivity index (χ0n) is 21.8. The van der Waals surface area contributed by atoms with Crippen LogP contribution in [-0.2, 0) is 28.6 Å². The van der Waals surface area contributed by atoms with E-state index in [9.17, 15) is 19.2 Å². The van der Waals surface area contributed by atoms with E-state index in [0.717, 1.165) is 5.57 Å². The highest BCUT2D eigenvalue weighted by Gasteiger charge is 2.26. The van der Waals surface area contributed by atoms with Crippen LogP contribution in [0.25, 0.3) is 0 Å². The molecular weight excluding hydrogens is 502 g/mol. The predicted molar refractivity (Wildman–Crippen MR) is 140 cm³/mol. The number of carbonyl (C=O) groups excluding carboxylic acids is 4. The van der Waals surface area contributed by atoms with Crippen molar-refractivity contribution in [2.24, 2.45) is 11.7 Å². The van der Waals surface area contributed by atoms with E-state index >= 15 is 0 Å². The van der Waals surface area contributed by atoms with Gasteiger partial charge in [-0.3, -0.25) is 9.59 Å². The molecule has 0 saturated heterocycles. The highest BCUT2D eigenvalue weighted by molar-refractivity contribution is 6.29. The van der Waals surface area contributed by atoms with Crippen molar-refractivity contribution in [1.29, 1.82) is 0 Å². The normalized spacial score (nSPS) is 19.0. The second kappa shape index (κ2) is 16.3. The molecule has 1 aliphatic rings. The molecular formula is C26H36ClN3O7. The smallest absolute Gasteiger partial charge is 0.404 e. The minimum Gasteiger partial charge on any atom is -0.490 e. The fourth-order valence-corrected chi connectivity index (χ4v) is 3.38. The molecule has 0 bridgehead atoms. The number of halogens is 1. The van der Waals surface area contributed by atoms with E-state index in [1.54, 1.807) is 38.2 Å². The molecule has 0 spiro atoms. The third-order valence-electron chi connectivity index (χ3n) is 5.26. The van der Waals surface area contributed by atoms with Crippen LogP contribution in [0.5, 0.6) is 0 Å². The van der Waals surface area contributed by atoms with Gasteiger partial charge < -0.3 is 30.6 Å². The Hall–Kier alpha value is -3.53. The number of nitrogens with two attached hydrogens (primary N) is 1. The molecule has 0 fully saturated rings. The van der Waals surface area contributed by atoms with Gasteiger partial charge in [-0.05, 0) is 33.0 Å². The monoisotopic (exact) mass is 537 g/mol. The number of rotatable bonds is 13. The van der Waals surface area contributed by atoms with Gasteiger partial charge in [-0.15, -0.1) is 0 Å². The SMILES string of the molecule is COC1=CC[C@@H]([C@@H](C)/C=C(C)/C=C\C(=O)N[C@@H](C)C(=O)N/C=C\C[C@H](C/C=C(\C)Cl)OC(N)=O)OC1=O. The van der Waals surface area contributed by atoms with Gasteiger partial charge in [0.25, 0.3) is 0 Å². The Labute approximate surface area is 222 Å². The Morgan fingerprint density at radius 2 is 1.95 bits per heavy atom. The van der Waals surface area contributed by atoms with Crippen LogP contribution in [0, 0.1) is 5.92 Å². The van der Waals surface area contributed by atoms with Crippen molar-refractivity contribution in [2.45, 2.75) is 65.2 Å². The number of primary amides is 1. The van der Waals surface area contributed by atoms with E-state index in [4.69, 9.17) is 31.5 Å². The molecule has 0 saturated carbocycles. The molecule has 4 N–H and O–H groups in total. The highest BCUT2D eigenvalue weighted by Crippen LogP contribution is 2.22. The lowest BCUT2D eigenvalue weighted by molar-refractivity contribution is -0.151. The third-order valence-corrected chi connectivity index (χ3v) is 5.42. The zero-order valence-corrected chi connectivity index (χ0v) is 22.5. The van der Waals surface area contributed by atoms with E-state index < -0.39 is 36.0 Å². The lowest BCUT2D eigenvalue weighted by Gasteiger charge is -2.25. The predicted octanol–water partition coefficient (Wildman–Crippen LogP) is 3.49. The number of nitrogens with one attached hydrogen (secondary N) is 2. The van der Waals surface area contributed by atoms with E-state index in [1.807, 2.05) is 19.9 Å². The maximum atomic E-state index is 12.2. The summed E-state index contributed by atoms with van der Waals surface area (Å²) < 4.78 is 15.3. The lowest BCUT2D eigenvalue weighted by Crippen LogP contribution is -2.42. The number of methoxy groups -OCH3 is 1. The average Bonchev–Trinajstić information content (AvgIpc) is 2.82. The Bertz CT molecular complexity index is 981. The first-order valence-corrected chi connectivity index (χ1v) is 12.2. The second-order valence-corrected chi connectivity index (χ2v) is 9.11. The van der Waals surface area contributed by atoms with Gasteiger partial charge in [-0.25, -0.2) is 9.59 Å². The van der Waals surface area contributed by atoms with Crippen LogP contribution < -0.4 is 16.4 Å². The van der Waals surface area contributed by atoms with E-state index in [1.165, 1.54) is 19.4 Å². The van der Waals surface area contributed by atoms with Crippen molar-refractivity contribution in [3.63, 3.8) is 0 Å². The number of amides is 3. The molecule has 0 aromatic heterocycles. The molecule has 4 atom stereocenters. The molecule has 0 aliphatic carbocycles. The van der Waals surface area contributed by atoms with Crippen LogP contribution in [0.15, 0.2) is 59.0 Å². The highest BCUT2D eigenvalue weighted by atomic mass is 35.5. The quantitative estimate of drug-likeness (QED) is 0.185. The molecule has 1 aliphatic heterocycles. The Balaban J connectivity index is 2.52. The molecule has 1 heterocycles. The summed E-state index contributed by atoms with van der Waals surface area (Å²) in [6.07, 6.45) is 10.7. The molecule has 11 heteroatoms. The Morgan fingerprint density at radius 3 is 2.54 bits per heavy atom. The van der Waals surface area contributed by atoms with Gasteiger partial charge in [0.1, 0.15) is 18.2 Å². The number of carbonyl (C=O) groups is 4. The Morgan fingerprint density at radius 1 is 1.24 bits per heavy atom. The number of hydrogen-bond acceptors (Lipinski definition) is 7. The molecule has 10 nitrogen and oxygen atoms in total. The average molecular weight is 538 g/mol. The van der Waals surface area contributed by atoms with Crippen molar-refractivity contribution in [2.75, 3.05) is 7.11 Å². The first kappa shape index (κ1) is 31.5. The van der Waals surface area contributed by atoms with Crippen LogP contribution in [0.3, 0.4) is 0 Å². The van der Waals surface area contributed by atoms with Crippen LogP contribution in [-0.4, -0.2) is 49.2 Å². The van der Waals surface area contributed by atoms with Crippen molar-refractivity contribution < 1.29 is 33.4 Å². The Kier molecular flexibility index (Phi) is 13.8. The zero-order chi connectivity index (χ0) is 28.0. The van der Waals surface area contributed by atoms with E-state index in [0.29, 0.717) is 24.3 Å². The minimum atomic E-state index is -0.901. The number of cyclic esters (lactones) is 1. The summed E-state index contributed by atoms with van der Waals surface area (Å²) in [5, 5.41) is 5.70. The van der Waals surface area contributed by atoms with Gasteiger partial charge in [0.05, 0.1) is 7.11 Å². The number of ether oxygens (including phenoxy) is 3. The molecule has 3 amide bonds. The third kappa shape index (κ3) is 12.8. The molecule has 0 aromatic rings. The van der Waals surface area contributed by atoms with Crippen molar-refractivity contribution in [3.8, 4) is 0 Å². The molecule has 0 unspecified atom stereocenters. The minimum absolute atomic E-state index is 0.0780. The van der Waals surface area contributed by atoms with Crippen LogP contribution >= 0.6 is 11.6 Å². The number of allylic oxidation sites excluding steroid dienone is 3. The second-order valence-electron chi connectivity index (χ2n) is 8.52. The fourth-order valence-electron chi connectivity index (χ4n) is 3.29. The summed E-state index contributed by atoms with van der Waals surface area (Å²) in [4.78, 5) is 47.3. The first-order chi connectivity index (χ1) is 17.4. The fraction of sp³-hybridized carbons (Fsp3) is 0.462. The van der Waals surface area contributed by atoms with Gasteiger partial charge in [0, 0.05) is 36.3 Å². The van der Waals surface area contributed by atoms with Gasteiger partial charge in [-0.1, -0.05) is 48.4 Å². The summed E-state index contributed by atoms with van der Waals surface area (Å²) in [5.74, 6) is -1.24. The van der Waals surface area contributed by atoms with Crippen LogP contribution in [0.4, 0.5) is 4.79 Å². The summed E-state index contributed by atoms with van der Waals surface area (Å²) >= 11 is 5.80. The molecule has 37 heavy (non-hydrogen) atoms.